The maximum Gasteiger partial charge on any atom is 0.416 e. The van der Waals surface area contributed by atoms with Crippen LogP contribution in [-0.4, -0.2) is 25.0 Å². The molecule has 0 heterocycles. The van der Waals surface area contributed by atoms with Gasteiger partial charge in [0.1, 0.15) is 0 Å². The zero-order chi connectivity index (χ0) is 16.6. The summed E-state index contributed by atoms with van der Waals surface area (Å²) < 4.78 is 38.6. The van der Waals surface area contributed by atoms with E-state index in [1.807, 2.05) is 6.07 Å². The van der Waals surface area contributed by atoms with Gasteiger partial charge < -0.3 is 4.90 Å². The number of nitrogens with zero attached hydrogens (tertiary/aromatic N) is 1. The molecule has 1 aliphatic carbocycles. The predicted octanol–water partition coefficient (Wildman–Crippen LogP) is 4.79. The third-order valence-electron chi connectivity index (χ3n) is 4.66. The summed E-state index contributed by atoms with van der Waals surface area (Å²) in [5, 5.41) is 0. The van der Waals surface area contributed by atoms with Crippen LogP contribution in [0, 0.1) is 0 Å². The average molecular weight is 319 g/mol. The average Bonchev–Trinajstić information content (AvgIpc) is 2.53. The molecule has 0 saturated heterocycles. The van der Waals surface area contributed by atoms with Crippen LogP contribution >= 0.6 is 0 Å². The van der Waals surface area contributed by atoms with E-state index in [2.05, 4.69) is 31.1 Å². The van der Waals surface area contributed by atoms with Gasteiger partial charge in [-0.3, -0.25) is 0 Å². The van der Waals surface area contributed by atoms with E-state index in [0.29, 0.717) is 11.6 Å². The van der Waals surface area contributed by atoms with E-state index in [9.17, 15) is 13.2 Å². The van der Waals surface area contributed by atoms with Crippen molar-refractivity contribution in [2.45, 2.75) is 31.5 Å². The molecule has 0 spiro atoms. The first-order valence-electron chi connectivity index (χ1n) is 7.80. The zero-order valence-corrected chi connectivity index (χ0v) is 13.3. The fourth-order valence-corrected chi connectivity index (χ4v) is 3.23. The van der Waals surface area contributed by atoms with Gasteiger partial charge in [-0.1, -0.05) is 30.3 Å². The molecule has 3 rings (SSSR count). The molecule has 122 valence electrons. The van der Waals surface area contributed by atoms with Crippen LogP contribution in [0.1, 0.15) is 23.1 Å². The van der Waals surface area contributed by atoms with Crippen molar-refractivity contribution < 1.29 is 13.2 Å². The van der Waals surface area contributed by atoms with Crippen molar-refractivity contribution in [2.75, 3.05) is 14.1 Å². The summed E-state index contributed by atoms with van der Waals surface area (Å²) >= 11 is 0. The quantitative estimate of drug-likeness (QED) is 0.769. The second-order valence-corrected chi connectivity index (χ2v) is 6.42. The molecule has 2 aromatic rings. The lowest BCUT2D eigenvalue weighted by Gasteiger charge is -2.30. The topological polar surface area (TPSA) is 3.24 Å². The molecular formula is C19H20F3N. The van der Waals surface area contributed by atoms with Gasteiger partial charge in [0.05, 0.1) is 5.56 Å². The Balaban J connectivity index is 1.91. The van der Waals surface area contributed by atoms with Gasteiger partial charge >= 0.3 is 6.18 Å². The Bertz CT molecular complexity index is 704. The van der Waals surface area contributed by atoms with Crippen molar-refractivity contribution in [1.82, 2.24) is 4.90 Å². The van der Waals surface area contributed by atoms with E-state index in [1.54, 1.807) is 6.07 Å². The number of halogens is 3. The lowest BCUT2D eigenvalue weighted by atomic mass is 9.86. The van der Waals surface area contributed by atoms with Crippen LogP contribution in [-0.2, 0) is 19.0 Å². The number of hydrogen-bond acceptors (Lipinski definition) is 1. The van der Waals surface area contributed by atoms with Crippen LogP contribution in [0.5, 0.6) is 0 Å². The normalized spacial score (nSPS) is 18.1. The van der Waals surface area contributed by atoms with Gasteiger partial charge in [0, 0.05) is 6.04 Å². The lowest BCUT2D eigenvalue weighted by Crippen LogP contribution is -2.33. The van der Waals surface area contributed by atoms with Gasteiger partial charge in [-0.15, -0.1) is 0 Å². The van der Waals surface area contributed by atoms with Gasteiger partial charge in [0.25, 0.3) is 0 Å². The van der Waals surface area contributed by atoms with Gasteiger partial charge in [-0.25, -0.2) is 0 Å². The molecule has 0 radical (unpaired) electrons. The molecule has 4 heteroatoms. The number of rotatable bonds is 2. The summed E-state index contributed by atoms with van der Waals surface area (Å²) in [5.74, 6) is 0. The smallest absolute Gasteiger partial charge is 0.306 e. The summed E-state index contributed by atoms with van der Waals surface area (Å²) in [6.07, 6.45) is -1.23. The Kier molecular flexibility index (Phi) is 4.19. The molecule has 0 bridgehead atoms. The van der Waals surface area contributed by atoms with Crippen molar-refractivity contribution in [3.8, 4) is 11.1 Å². The summed E-state index contributed by atoms with van der Waals surface area (Å²) in [6.45, 7) is 0. The molecule has 1 atom stereocenters. The number of alkyl halides is 3. The number of hydrogen-bond donors (Lipinski definition) is 0. The minimum Gasteiger partial charge on any atom is -0.306 e. The van der Waals surface area contributed by atoms with E-state index >= 15 is 0 Å². The molecule has 1 unspecified atom stereocenters. The van der Waals surface area contributed by atoms with Crippen LogP contribution in [0.4, 0.5) is 13.2 Å². The molecule has 0 N–H and O–H groups in total. The monoisotopic (exact) mass is 319 g/mol. The Morgan fingerprint density at radius 1 is 0.957 bits per heavy atom. The van der Waals surface area contributed by atoms with Gasteiger partial charge in [-0.05, 0) is 67.7 Å². The van der Waals surface area contributed by atoms with E-state index in [-0.39, 0.29) is 0 Å². The highest BCUT2D eigenvalue weighted by Crippen LogP contribution is 2.33. The van der Waals surface area contributed by atoms with Crippen molar-refractivity contribution in [3.05, 3.63) is 59.2 Å². The van der Waals surface area contributed by atoms with Gasteiger partial charge in [0.2, 0.25) is 0 Å². The minimum atomic E-state index is -4.30. The molecule has 0 amide bonds. The summed E-state index contributed by atoms with van der Waals surface area (Å²) in [7, 11) is 4.18. The van der Waals surface area contributed by atoms with Gasteiger partial charge in [0.15, 0.2) is 0 Å². The summed E-state index contributed by atoms with van der Waals surface area (Å²) in [5.41, 5.74) is 3.46. The SMILES string of the molecule is CN(C)C1CCc2cc(-c3cccc(C(F)(F)F)c3)ccc2C1. The zero-order valence-electron chi connectivity index (χ0n) is 13.3. The fourth-order valence-electron chi connectivity index (χ4n) is 3.23. The Labute approximate surface area is 134 Å². The van der Waals surface area contributed by atoms with Crippen molar-refractivity contribution in [3.63, 3.8) is 0 Å². The standard InChI is InChI=1S/C19H20F3N/c1-23(2)18-9-8-15-10-14(6-7-16(15)12-18)13-4-3-5-17(11-13)19(20,21)22/h3-7,10-11,18H,8-9,12H2,1-2H3. The van der Waals surface area contributed by atoms with Gasteiger partial charge in [-0.2, -0.15) is 13.2 Å². The first-order chi connectivity index (χ1) is 10.8. The molecular weight excluding hydrogens is 299 g/mol. The molecule has 0 aliphatic heterocycles. The Hall–Kier alpha value is -1.81. The number of likely N-dealkylation sites (N-methyl/N-ethyl adjacent to an activating group) is 1. The molecule has 0 aromatic heterocycles. The molecule has 23 heavy (non-hydrogen) atoms. The number of benzene rings is 2. The van der Waals surface area contributed by atoms with Crippen LogP contribution in [0.25, 0.3) is 11.1 Å². The summed E-state index contributed by atoms with van der Waals surface area (Å²) in [6, 6.07) is 12.2. The highest BCUT2D eigenvalue weighted by Gasteiger charge is 2.30. The summed E-state index contributed by atoms with van der Waals surface area (Å²) in [4.78, 5) is 2.24. The second kappa shape index (κ2) is 6.00. The van der Waals surface area contributed by atoms with E-state index < -0.39 is 11.7 Å². The number of aryl methyl sites for hydroxylation is 1. The maximum absolute atomic E-state index is 12.9. The van der Waals surface area contributed by atoms with E-state index in [4.69, 9.17) is 0 Å². The second-order valence-electron chi connectivity index (χ2n) is 6.42. The first kappa shape index (κ1) is 16.1. The molecule has 2 aromatic carbocycles. The van der Waals surface area contributed by atoms with Crippen molar-refractivity contribution in [2.24, 2.45) is 0 Å². The highest BCUT2D eigenvalue weighted by atomic mass is 19.4. The van der Waals surface area contributed by atoms with Crippen LogP contribution in [0.2, 0.25) is 0 Å². The molecule has 0 fully saturated rings. The van der Waals surface area contributed by atoms with E-state index in [0.717, 1.165) is 30.9 Å². The van der Waals surface area contributed by atoms with Crippen LogP contribution in [0.3, 0.4) is 0 Å². The highest BCUT2D eigenvalue weighted by molar-refractivity contribution is 5.66. The third kappa shape index (κ3) is 3.42. The van der Waals surface area contributed by atoms with Crippen molar-refractivity contribution >= 4 is 0 Å². The van der Waals surface area contributed by atoms with E-state index in [1.165, 1.54) is 23.3 Å². The largest absolute Gasteiger partial charge is 0.416 e. The van der Waals surface area contributed by atoms with Crippen LogP contribution < -0.4 is 0 Å². The Morgan fingerprint density at radius 3 is 2.39 bits per heavy atom. The lowest BCUT2D eigenvalue weighted by molar-refractivity contribution is -0.137. The molecule has 1 aliphatic rings. The predicted molar refractivity (Wildman–Crippen MR) is 86.4 cm³/mol. The fraction of sp³-hybridized carbons (Fsp3) is 0.368. The minimum absolute atomic E-state index is 0.543. The first-order valence-corrected chi connectivity index (χ1v) is 7.80. The van der Waals surface area contributed by atoms with Crippen molar-refractivity contribution in [1.29, 1.82) is 0 Å². The molecule has 1 nitrogen and oxygen atoms in total. The molecule has 0 saturated carbocycles. The third-order valence-corrected chi connectivity index (χ3v) is 4.66. The van der Waals surface area contributed by atoms with Crippen LogP contribution in [0.15, 0.2) is 42.5 Å². The Morgan fingerprint density at radius 2 is 1.70 bits per heavy atom. The number of fused-ring (bicyclic) bond motifs is 1. The maximum atomic E-state index is 12.9.